The first-order valence-corrected chi connectivity index (χ1v) is 11.1. The van der Waals surface area contributed by atoms with Crippen LogP contribution in [-0.2, 0) is 0 Å². The zero-order chi connectivity index (χ0) is 24.9. The molecule has 0 aliphatic carbocycles. The highest BCUT2D eigenvalue weighted by molar-refractivity contribution is 6.28. The maximum Gasteiger partial charge on any atom is 0.321 e. The van der Waals surface area contributed by atoms with Crippen molar-refractivity contribution < 1.29 is 9.84 Å². The highest BCUT2D eigenvalue weighted by Gasteiger charge is 1.97. The summed E-state index contributed by atoms with van der Waals surface area (Å²) in [5.74, 6) is 1.08. The van der Waals surface area contributed by atoms with E-state index in [-0.39, 0.29) is 0 Å². The molecule has 0 atom stereocenters. The average molecular weight is 469 g/mol. The minimum Gasteiger partial charge on any atom is -0.508 e. The molecule has 0 fully saturated rings. The van der Waals surface area contributed by atoms with Gasteiger partial charge < -0.3 is 9.84 Å². The number of hydrogen-bond acceptors (Lipinski definition) is 6. The Morgan fingerprint density at radius 2 is 1.03 bits per heavy atom. The molecule has 0 aliphatic heterocycles. The first kappa shape index (κ1) is 29.5. The molecule has 0 saturated heterocycles. The molecule has 0 saturated carbocycles. The summed E-state index contributed by atoms with van der Waals surface area (Å²) in [6.45, 7) is 12.0. The number of aryl methyl sites for hydroxylation is 2. The molecule has 6 nitrogen and oxygen atoms in total. The van der Waals surface area contributed by atoms with E-state index in [1.54, 1.807) is 49.1 Å². The van der Waals surface area contributed by atoms with E-state index in [0.29, 0.717) is 17.0 Å². The highest BCUT2D eigenvalue weighted by atomic mass is 35.5. The van der Waals surface area contributed by atoms with E-state index < -0.39 is 0 Å². The smallest absolute Gasteiger partial charge is 0.321 e. The third kappa shape index (κ3) is 15.0. The maximum atomic E-state index is 8.76. The Kier molecular flexibility index (Phi) is 17.2. The van der Waals surface area contributed by atoms with E-state index in [2.05, 4.69) is 19.9 Å². The van der Waals surface area contributed by atoms with Gasteiger partial charge in [-0.2, -0.15) is 0 Å². The molecule has 2 aromatic carbocycles. The maximum absolute atomic E-state index is 8.76. The molecule has 33 heavy (non-hydrogen) atoms. The highest BCUT2D eigenvalue weighted by Crippen LogP contribution is 2.16. The molecule has 4 aromatic rings. The Hall–Kier alpha value is -3.51. The van der Waals surface area contributed by atoms with Crippen molar-refractivity contribution >= 4 is 11.6 Å². The predicted molar refractivity (Wildman–Crippen MR) is 136 cm³/mol. The SMILES string of the molecule is CC.CC.Cc1ccc(O)cc1.Cc1ccc(Oc2ncccn2)cc1.Clc1ncccn1. The normalized spacial score (nSPS) is 8.58. The predicted octanol–water partition coefficient (Wildman–Crippen LogP) is 7.46. The van der Waals surface area contributed by atoms with Gasteiger partial charge in [0.25, 0.3) is 0 Å². The van der Waals surface area contributed by atoms with Crippen LogP contribution in [0.5, 0.6) is 17.5 Å². The lowest BCUT2D eigenvalue weighted by Crippen LogP contribution is -1.89. The summed E-state index contributed by atoms with van der Waals surface area (Å²) < 4.78 is 5.41. The molecule has 2 heterocycles. The minimum atomic E-state index is 0.294. The second-order valence-electron chi connectivity index (χ2n) is 5.80. The van der Waals surface area contributed by atoms with Crippen LogP contribution in [0.2, 0.25) is 5.28 Å². The van der Waals surface area contributed by atoms with E-state index in [0.717, 1.165) is 5.75 Å². The van der Waals surface area contributed by atoms with E-state index in [4.69, 9.17) is 21.4 Å². The Balaban J connectivity index is 0.000000462. The summed E-state index contributed by atoms with van der Waals surface area (Å²) in [6, 6.07) is 18.7. The van der Waals surface area contributed by atoms with Crippen molar-refractivity contribution in [2.24, 2.45) is 0 Å². The van der Waals surface area contributed by atoms with Crippen LogP contribution in [0.4, 0.5) is 0 Å². The van der Waals surface area contributed by atoms with Crippen LogP contribution >= 0.6 is 11.6 Å². The van der Waals surface area contributed by atoms with Crippen LogP contribution in [0.15, 0.2) is 85.5 Å². The Morgan fingerprint density at radius 1 is 0.636 bits per heavy atom. The number of phenolic OH excluding ortho intramolecular Hbond substituents is 1. The summed E-state index contributed by atoms with van der Waals surface area (Å²) in [6.07, 6.45) is 6.48. The Labute approximate surface area is 202 Å². The molecule has 0 aliphatic rings. The molecule has 0 amide bonds. The molecule has 176 valence electrons. The van der Waals surface area contributed by atoms with E-state index in [1.807, 2.05) is 77.9 Å². The Morgan fingerprint density at radius 3 is 1.39 bits per heavy atom. The van der Waals surface area contributed by atoms with Gasteiger partial charge in [-0.05, 0) is 61.8 Å². The third-order valence-electron chi connectivity index (χ3n) is 3.34. The van der Waals surface area contributed by atoms with Crippen molar-refractivity contribution in [3.8, 4) is 17.5 Å². The number of ether oxygens (including phenoxy) is 1. The second-order valence-corrected chi connectivity index (χ2v) is 6.14. The first-order valence-electron chi connectivity index (χ1n) is 10.7. The minimum absolute atomic E-state index is 0.294. The summed E-state index contributed by atoms with van der Waals surface area (Å²) in [5, 5.41) is 9.05. The molecule has 0 spiro atoms. The van der Waals surface area contributed by atoms with Gasteiger partial charge in [0.2, 0.25) is 5.28 Å². The van der Waals surface area contributed by atoms with Gasteiger partial charge in [-0.1, -0.05) is 63.1 Å². The van der Waals surface area contributed by atoms with Gasteiger partial charge in [0.1, 0.15) is 11.5 Å². The molecule has 4 rings (SSSR count). The number of aromatic nitrogens is 4. The van der Waals surface area contributed by atoms with Gasteiger partial charge in [-0.15, -0.1) is 0 Å². The molecule has 2 aromatic heterocycles. The Bertz CT molecular complexity index is 932. The number of nitrogens with zero attached hydrogens (tertiary/aromatic N) is 4. The van der Waals surface area contributed by atoms with Crippen LogP contribution in [-0.4, -0.2) is 25.0 Å². The second kappa shape index (κ2) is 19.2. The van der Waals surface area contributed by atoms with Gasteiger partial charge in [-0.3, -0.25) is 0 Å². The van der Waals surface area contributed by atoms with Crippen LogP contribution < -0.4 is 4.74 Å². The number of halogens is 1. The number of phenols is 1. The fourth-order valence-corrected chi connectivity index (χ4v) is 1.99. The van der Waals surface area contributed by atoms with E-state index in [9.17, 15) is 0 Å². The van der Waals surface area contributed by atoms with Crippen molar-refractivity contribution in [1.82, 2.24) is 19.9 Å². The zero-order valence-electron chi connectivity index (χ0n) is 20.1. The summed E-state index contributed by atoms with van der Waals surface area (Å²) >= 11 is 5.32. The number of rotatable bonds is 2. The van der Waals surface area contributed by atoms with E-state index >= 15 is 0 Å². The fourth-order valence-electron chi connectivity index (χ4n) is 1.88. The van der Waals surface area contributed by atoms with Crippen molar-refractivity contribution in [3.05, 3.63) is 102 Å². The van der Waals surface area contributed by atoms with Gasteiger partial charge in [0.05, 0.1) is 0 Å². The standard InChI is InChI=1S/C11H10N2O.C7H8O.C4H3ClN2.2C2H6/c1-9-3-5-10(6-4-9)14-11-12-7-2-8-13-11;1-6-2-4-7(8)5-3-6;5-4-6-2-1-3-7-4;2*1-2/h2-8H,1H3;2-5,8H,1H3;1-3H;2*1-2H3. The van der Waals surface area contributed by atoms with Gasteiger partial charge in [0.15, 0.2) is 0 Å². The van der Waals surface area contributed by atoms with Crippen molar-refractivity contribution in [3.63, 3.8) is 0 Å². The van der Waals surface area contributed by atoms with Crippen LogP contribution in [0.1, 0.15) is 38.8 Å². The van der Waals surface area contributed by atoms with Gasteiger partial charge in [-0.25, -0.2) is 19.9 Å². The lowest BCUT2D eigenvalue weighted by atomic mass is 10.2. The quantitative estimate of drug-likeness (QED) is 0.307. The molecule has 1 N–H and O–H groups in total. The van der Waals surface area contributed by atoms with Crippen LogP contribution in [0, 0.1) is 13.8 Å². The third-order valence-corrected chi connectivity index (χ3v) is 3.54. The summed E-state index contributed by atoms with van der Waals surface area (Å²) in [4.78, 5) is 15.2. The van der Waals surface area contributed by atoms with Gasteiger partial charge >= 0.3 is 6.01 Å². The fraction of sp³-hybridized carbons (Fsp3) is 0.231. The van der Waals surface area contributed by atoms with Crippen molar-refractivity contribution in [1.29, 1.82) is 0 Å². The molecule has 0 unspecified atom stereocenters. The topological polar surface area (TPSA) is 81.0 Å². The largest absolute Gasteiger partial charge is 0.508 e. The number of benzene rings is 2. The van der Waals surface area contributed by atoms with Crippen molar-refractivity contribution in [2.75, 3.05) is 0 Å². The molecular formula is C26H33ClN4O2. The number of hydrogen-bond donors (Lipinski definition) is 1. The van der Waals surface area contributed by atoms with E-state index in [1.165, 1.54) is 11.1 Å². The zero-order valence-corrected chi connectivity index (χ0v) is 20.9. The first-order chi connectivity index (χ1) is 16.0. The van der Waals surface area contributed by atoms with Crippen molar-refractivity contribution in [2.45, 2.75) is 41.5 Å². The average Bonchev–Trinajstić information content (AvgIpc) is 2.87. The van der Waals surface area contributed by atoms with Gasteiger partial charge in [0, 0.05) is 24.8 Å². The summed E-state index contributed by atoms with van der Waals surface area (Å²) in [7, 11) is 0. The summed E-state index contributed by atoms with van der Waals surface area (Å²) in [5.41, 5.74) is 2.37. The molecule has 0 radical (unpaired) electrons. The lowest BCUT2D eigenvalue weighted by molar-refractivity contribution is 0.441. The monoisotopic (exact) mass is 468 g/mol. The molecule has 7 heteroatoms. The molecule has 0 bridgehead atoms. The number of aromatic hydroxyl groups is 1. The van der Waals surface area contributed by atoms with Crippen LogP contribution in [0.25, 0.3) is 0 Å². The van der Waals surface area contributed by atoms with Crippen LogP contribution in [0.3, 0.4) is 0 Å². The lowest BCUT2D eigenvalue weighted by Gasteiger charge is -2.02. The molecular weight excluding hydrogens is 436 g/mol.